The lowest BCUT2D eigenvalue weighted by atomic mass is 9.90. The molecule has 0 bridgehead atoms. The number of carbonyl (C=O) groups is 4. The van der Waals surface area contributed by atoms with Crippen LogP contribution in [0.5, 0.6) is 0 Å². The van der Waals surface area contributed by atoms with E-state index in [-0.39, 0.29) is 54.5 Å². The third kappa shape index (κ3) is 11.4. The third-order valence-corrected chi connectivity index (χ3v) is 9.97. The quantitative estimate of drug-likeness (QED) is 0.185. The van der Waals surface area contributed by atoms with Crippen LogP contribution in [-0.4, -0.2) is 135 Å². The minimum Gasteiger partial charge on any atom is -0.379 e. The number of nitrogens with one attached hydrogen (secondary N) is 2. The normalized spacial score (nSPS) is 19.1. The highest BCUT2D eigenvalue weighted by molar-refractivity contribution is 5.90. The number of hydrogen-bond acceptors (Lipinski definition) is 9. The number of rotatable bonds is 20. The number of carbonyl (C=O) groups excluding carboxylic acids is 4. The van der Waals surface area contributed by atoms with Gasteiger partial charge in [-0.1, -0.05) is 47.1 Å². The molecule has 0 saturated carbocycles. The van der Waals surface area contributed by atoms with Gasteiger partial charge in [-0.2, -0.15) is 0 Å². The van der Waals surface area contributed by atoms with E-state index >= 15 is 0 Å². The highest BCUT2D eigenvalue weighted by atomic mass is 16.5. The number of likely N-dealkylation sites (N-methyl/N-ethyl adjacent to an activating group) is 2. The molecule has 1 aliphatic heterocycles. The van der Waals surface area contributed by atoms with Crippen molar-refractivity contribution in [2.45, 2.75) is 103 Å². The van der Waals surface area contributed by atoms with Gasteiger partial charge in [0.15, 0.2) is 0 Å². The van der Waals surface area contributed by atoms with E-state index in [0.717, 1.165) is 18.5 Å². The number of nitrogens with zero attached hydrogens (tertiary/aromatic N) is 4. The third-order valence-electron chi connectivity index (χ3n) is 9.97. The summed E-state index contributed by atoms with van der Waals surface area (Å²) in [7, 11) is 8.47. The smallest absolute Gasteiger partial charge is 0.246 e. The molecule has 2 heterocycles. The molecule has 0 radical (unpaired) electrons. The van der Waals surface area contributed by atoms with Crippen LogP contribution in [0.3, 0.4) is 0 Å². The molecule has 1 aromatic heterocycles. The summed E-state index contributed by atoms with van der Waals surface area (Å²) in [6, 6.07) is 3.59. The van der Waals surface area contributed by atoms with Gasteiger partial charge in [0.25, 0.3) is 0 Å². The molecule has 1 aromatic rings. The molecule has 13 heteroatoms. The second-order valence-electron chi connectivity index (χ2n) is 13.9. The van der Waals surface area contributed by atoms with Crippen molar-refractivity contribution in [1.82, 2.24) is 30.3 Å². The summed E-state index contributed by atoms with van der Waals surface area (Å²) in [5, 5.41) is 5.86. The monoisotopic (exact) mass is 689 g/mol. The fourth-order valence-corrected chi connectivity index (χ4v) is 7.18. The van der Waals surface area contributed by atoms with Gasteiger partial charge in [-0.25, -0.2) is 0 Å². The van der Waals surface area contributed by atoms with Gasteiger partial charge in [-0.05, 0) is 50.9 Å². The van der Waals surface area contributed by atoms with Crippen molar-refractivity contribution >= 4 is 23.6 Å². The van der Waals surface area contributed by atoms with E-state index in [1.807, 2.05) is 76.7 Å². The Kier molecular flexibility index (Phi) is 17.6. The van der Waals surface area contributed by atoms with Crippen LogP contribution in [0, 0.1) is 17.8 Å². The zero-order chi connectivity index (χ0) is 36.8. The Labute approximate surface area is 294 Å². The van der Waals surface area contributed by atoms with Crippen LogP contribution in [0.4, 0.5) is 0 Å². The highest BCUT2D eigenvalue weighted by Gasteiger charge is 2.42. The first-order chi connectivity index (χ1) is 23.2. The highest BCUT2D eigenvalue weighted by Crippen LogP contribution is 2.29. The lowest BCUT2D eigenvalue weighted by Gasteiger charge is -2.40. The van der Waals surface area contributed by atoms with Gasteiger partial charge in [0, 0.05) is 59.2 Å². The van der Waals surface area contributed by atoms with Crippen LogP contribution in [-0.2, 0) is 35.1 Å². The van der Waals surface area contributed by atoms with Crippen molar-refractivity contribution < 1.29 is 28.7 Å². The SMILES string of the molecule is CC[C@H](C)[C@@H]([C@@H](CC(=O)N1CCC[C@H]1[C@H](OC)[C@@H](C)C(=O)NCCc1ccccn1)OC)N(C)C(=O)[C@H](CN)NC(=O)C(C(C)C)N(C)C. The van der Waals surface area contributed by atoms with Gasteiger partial charge < -0.3 is 35.6 Å². The molecule has 4 N–H and O–H groups in total. The molecule has 2 rings (SSSR count). The molecule has 13 nitrogen and oxygen atoms in total. The Balaban J connectivity index is 2.18. The maximum absolute atomic E-state index is 14.0. The van der Waals surface area contributed by atoms with E-state index in [1.54, 1.807) is 32.4 Å². The Hall–Kier alpha value is -3.13. The van der Waals surface area contributed by atoms with Crippen molar-refractivity contribution in [2.24, 2.45) is 23.5 Å². The topological polar surface area (TPSA) is 159 Å². The van der Waals surface area contributed by atoms with Crippen molar-refractivity contribution in [1.29, 1.82) is 0 Å². The van der Waals surface area contributed by atoms with Crippen molar-refractivity contribution in [3.8, 4) is 0 Å². The van der Waals surface area contributed by atoms with Crippen LogP contribution in [0.2, 0.25) is 0 Å². The van der Waals surface area contributed by atoms with E-state index in [1.165, 1.54) is 0 Å². The minimum atomic E-state index is -0.930. The summed E-state index contributed by atoms with van der Waals surface area (Å²) in [4.78, 5) is 63.8. The molecule has 8 atom stereocenters. The number of aromatic nitrogens is 1. The summed E-state index contributed by atoms with van der Waals surface area (Å²) in [6.45, 7) is 10.7. The molecule has 1 aliphatic rings. The molecule has 49 heavy (non-hydrogen) atoms. The van der Waals surface area contributed by atoms with E-state index < -0.39 is 36.3 Å². The zero-order valence-electron chi connectivity index (χ0n) is 31.5. The van der Waals surface area contributed by atoms with Crippen LogP contribution < -0.4 is 16.4 Å². The lowest BCUT2D eigenvalue weighted by molar-refractivity contribution is -0.147. The van der Waals surface area contributed by atoms with E-state index in [9.17, 15) is 19.2 Å². The average molecular weight is 690 g/mol. The molecule has 1 fully saturated rings. The van der Waals surface area contributed by atoms with Crippen LogP contribution in [0.25, 0.3) is 0 Å². The summed E-state index contributed by atoms with van der Waals surface area (Å²) in [6.07, 6.45) is 3.50. The molecular weight excluding hydrogens is 626 g/mol. The summed E-state index contributed by atoms with van der Waals surface area (Å²) < 4.78 is 11.8. The molecule has 4 amide bonds. The summed E-state index contributed by atoms with van der Waals surface area (Å²) in [5.41, 5.74) is 6.94. The number of ether oxygens (including phenoxy) is 2. The molecule has 278 valence electrons. The molecule has 1 saturated heterocycles. The van der Waals surface area contributed by atoms with E-state index in [0.29, 0.717) is 25.9 Å². The van der Waals surface area contributed by atoms with E-state index in [4.69, 9.17) is 15.2 Å². The van der Waals surface area contributed by atoms with Crippen molar-refractivity contribution in [3.05, 3.63) is 30.1 Å². The molecule has 1 unspecified atom stereocenters. The van der Waals surface area contributed by atoms with Gasteiger partial charge in [-0.3, -0.25) is 29.1 Å². The van der Waals surface area contributed by atoms with Crippen molar-refractivity contribution in [3.63, 3.8) is 0 Å². The van der Waals surface area contributed by atoms with Crippen LogP contribution in [0.1, 0.15) is 66.0 Å². The fourth-order valence-electron chi connectivity index (χ4n) is 7.18. The molecule has 0 aliphatic carbocycles. The Bertz CT molecular complexity index is 1180. The minimum absolute atomic E-state index is 0.0260. The average Bonchev–Trinajstić information content (AvgIpc) is 3.56. The van der Waals surface area contributed by atoms with Crippen molar-refractivity contribution in [2.75, 3.05) is 55.0 Å². The first kappa shape index (κ1) is 42.0. The molecule has 0 aromatic carbocycles. The lowest BCUT2D eigenvalue weighted by Crippen LogP contribution is -2.60. The Morgan fingerprint density at radius 1 is 1.06 bits per heavy atom. The number of nitrogens with two attached hydrogens (primary N) is 1. The standard InChI is InChI=1S/C36H63N7O6/c1-11-24(4)32(42(8)36(47)27(22-37)40-35(46)31(23(2)3)41(6)7)29(48-9)21-30(44)43-20-14-16-28(43)33(49-10)25(5)34(45)39-19-17-26-15-12-13-18-38-26/h12-13,15,18,23-25,27-29,31-33H,11,14,16-17,19-22,37H2,1-10H3,(H,39,45)(H,40,46)/t24-,25+,27-,28-,29+,31?,32-,33+/m0/s1. The van der Waals surface area contributed by atoms with Gasteiger partial charge in [-0.15, -0.1) is 0 Å². The second kappa shape index (κ2) is 20.5. The summed E-state index contributed by atoms with van der Waals surface area (Å²) in [5.74, 6) is -1.35. The second-order valence-corrected chi connectivity index (χ2v) is 13.9. The first-order valence-corrected chi connectivity index (χ1v) is 17.7. The summed E-state index contributed by atoms with van der Waals surface area (Å²) >= 11 is 0. The number of likely N-dealkylation sites (tertiary alicyclic amines) is 1. The van der Waals surface area contributed by atoms with Gasteiger partial charge in [0.2, 0.25) is 23.6 Å². The largest absolute Gasteiger partial charge is 0.379 e. The first-order valence-electron chi connectivity index (χ1n) is 17.7. The zero-order valence-corrected chi connectivity index (χ0v) is 31.5. The Morgan fingerprint density at radius 2 is 1.76 bits per heavy atom. The van der Waals surface area contributed by atoms with Gasteiger partial charge in [0.1, 0.15) is 6.04 Å². The van der Waals surface area contributed by atoms with Gasteiger partial charge in [0.05, 0.1) is 42.7 Å². The maximum Gasteiger partial charge on any atom is 0.246 e. The number of methoxy groups -OCH3 is 2. The van der Waals surface area contributed by atoms with Crippen LogP contribution >= 0.6 is 0 Å². The molecular formula is C36H63N7O6. The number of pyridine rings is 1. The predicted molar refractivity (Wildman–Crippen MR) is 190 cm³/mol. The van der Waals surface area contributed by atoms with Crippen LogP contribution in [0.15, 0.2) is 24.4 Å². The van der Waals surface area contributed by atoms with E-state index in [2.05, 4.69) is 15.6 Å². The maximum atomic E-state index is 14.0. The van der Waals surface area contributed by atoms with Gasteiger partial charge >= 0.3 is 0 Å². The number of hydrogen-bond donors (Lipinski definition) is 3. The fraction of sp³-hybridized carbons (Fsp3) is 0.750. The Morgan fingerprint density at radius 3 is 2.29 bits per heavy atom. The molecule has 0 spiro atoms. The predicted octanol–water partition coefficient (Wildman–Crippen LogP) is 1.69. The number of amides is 4.